The topological polar surface area (TPSA) is 144 Å². The van der Waals surface area contributed by atoms with Gasteiger partial charge >= 0.3 is 23.9 Å². The molecule has 1 rings (SSSR count). The molecule has 0 aromatic carbocycles. The lowest BCUT2D eigenvalue weighted by atomic mass is 9.97. The van der Waals surface area contributed by atoms with Crippen molar-refractivity contribution in [3.63, 3.8) is 0 Å². The minimum absolute atomic E-state index is 0.00214. The number of carbonyl (C=O) groups is 4. The number of ether oxygens (including phenoxy) is 6. The summed E-state index contributed by atoms with van der Waals surface area (Å²) >= 11 is 0. The average Bonchev–Trinajstić information content (AvgIpc) is 2.57. The Morgan fingerprint density at radius 2 is 1.41 bits per heavy atom. The van der Waals surface area contributed by atoms with E-state index in [2.05, 4.69) is 4.74 Å². The van der Waals surface area contributed by atoms with Crippen LogP contribution in [0.25, 0.3) is 0 Å². The quantitative estimate of drug-likeness (QED) is 0.311. The zero-order valence-corrected chi connectivity index (χ0v) is 15.5. The third kappa shape index (κ3) is 6.77. The van der Waals surface area contributed by atoms with Gasteiger partial charge in [0.05, 0.1) is 13.7 Å². The maximum Gasteiger partial charge on any atom is 0.339 e. The van der Waals surface area contributed by atoms with Gasteiger partial charge in [0.15, 0.2) is 30.7 Å². The van der Waals surface area contributed by atoms with E-state index in [1.807, 2.05) is 0 Å². The second-order valence-corrected chi connectivity index (χ2v) is 5.62. The first-order chi connectivity index (χ1) is 12.7. The molecule has 1 aliphatic heterocycles. The van der Waals surface area contributed by atoms with Crippen LogP contribution in [-0.4, -0.2) is 80.0 Å². The van der Waals surface area contributed by atoms with Crippen molar-refractivity contribution in [2.24, 2.45) is 0 Å². The predicted octanol–water partition coefficient (Wildman–Crippen LogP) is -0.922. The summed E-state index contributed by atoms with van der Waals surface area (Å²) in [4.78, 5) is 46.7. The molecule has 0 saturated carbocycles. The van der Waals surface area contributed by atoms with Crippen molar-refractivity contribution in [3.05, 3.63) is 0 Å². The van der Waals surface area contributed by atoms with Crippen molar-refractivity contribution >= 4 is 23.9 Å². The van der Waals surface area contributed by atoms with Gasteiger partial charge in [0.25, 0.3) is 0 Å². The monoisotopic (exact) mass is 392 g/mol. The van der Waals surface area contributed by atoms with Crippen molar-refractivity contribution in [1.82, 2.24) is 0 Å². The Morgan fingerprint density at radius 1 is 0.889 bits per heavy atom. The second-order valence-electron chi connectivity index (χ2n) is 5.62. The van der Waals surface area contributed by atoms with E-state index in [0.717, 1.165) is 27.9 Å². The van der Waals surface area contributed by atoms with Crippen LogP contribution in [0.4, 0.5) is 0 Å². The van der Waals surface area contributed by atoms with Crippen LogP contribution >= 0.6 is 0 Å². The number of methoxy groups -OCH3 is 1. The minimum Gasteiger partial charge on any atom is -0.467 e. The summed E-state index contributed by atoms with van der Waals surface area (Å²) < 4.78 is 31.0. The number of aliphatic hydroxyl groups is 1. The summed E-state index contributed by atoms with van der Waals surface area (Å²) in [6.07, 6.45) is -6.72. The van der Waals surface area contributed by atoms with E-state index in [1.165, 1.54) is 0 Å². The maximum absolute atomic E-state index is 12.1. The van der Waals surface area contributed by atoms with E-state index in [4.69, 9.17) is 28.8 Å². The third-order valence-electron chi connectivity index (χ3n) is 3.42. The van der Waals surface area contributed by atoms with Crippen LogP contribution < -0.4 is 0 Å². The highest BCUT2D eigenvalue weighted by molar-refractivity contribution is 5.77. The summed E-state index contributed by atoms with van der Waals surface area (Å²) in [5.74, 6) is -3.20. The lowest BCUT2D eigenvalue weighted by Crippen LogP contribution is -2.63. The van der Waals surface area contributed by atoms with Crippen LogP contribution in [0.2, 0.25) is 0 Å². The van der Waals surface area contributed by atoms with Crippen molar-refractivity contribution in [3.8, 4) is 0 Å². The summed E-state index contributed by atoms with van der Waals surface area (Å²) in [5.41, 5.74) is 0. The fourth-order valence-electron chi connectivity index (χ4n) is 2.48. The Kier molecular flexibility index (Phi) is 9.12. The van der Waals surface area contributed by atoms with Gasteiger partial charge in [0.2, 0.25) is 0 Å². The van der Waals surface area contributed by atoms with Crippen LogP contribution in [0.3, 0.4) is 0 Å². The van der Waals surface area contributed by atoms with E-state index in [9.17, 15) is 19.2 Å². The van der Waals surface area contributed by atoms with Gasteiger partial charge in [-0.15, -0.1) is 0 Å². The largest absolute Gasteiger partial charge is 0.467 e. The fourth-order valence-corrected chi connectivity index (χ4v) is 2.48. The molecule has 1 heterocycles. The molecule has 11 nitrogen and oxygen atoms in total. The number of carbonyl (C=O) groups excluding carboxylic acids is 4. The number of aliphatic hydroxyl groups excluding tert-OH is 1. The number of esters is 4. The van der Waals surface area contributed by atoms with E-state index in [0.29, 0.717) is 0 Å². The van der Waals surface area contributed by atoms with Crippen molar-refractivity contribution in [1.29, 1.82) is 0 Å². The molecule has 11 heteroatoms. The van der Waals surface area contributed by atoms with Gasteiger partial charge in [-0.1, -0.05) is 0 Å². The number of hydrogen-bond acceptors (Lipinski definition) is 11. The zero-order valence-electron chi connectivity index (χ0n) is 15.5. The van der Waals surface area contributed by atoms with Gasteiger partial charge in [-0.2, -0.15) is 0 Å². The molecule has 1 saturated heterocycles. The van der Waals surface area contributed by atoms with Crippen molar-refractivity contribution in [2.45, 2.75) is 57.9 Å². The first kappa shape index (κ1) is 22.8. The van der Waals surface area contributed by atoms with Crippen LogP contribution in [-0.2, 0) is 47.6 Å². The summed E-state index contributed by atoms with van der Waals surface area (Å²) in [6, 6.07) is 0. The molecule has 0 bridgehead atoms. The van der Waals surface area contributed by atoms with Crippen LogP contribution in [0.1, 0.15) is 27.2 Å². The number of rotatable bonds is 8. The van der Waals surface area contributed by atoms with Gasteiger partial charge in [0, 0.05) is 27.4 Å². The highest BCUT2D eigenvalue weighted by atomic mass is 16.7. The van der Waals surface area contributed by atoms with Gasteiger partial charge in [0.1, 0.15) is 0 Å². The smallest absolute Gasteiger partial charge is 0.339 e. The molecule has 1 N–H and O–H groups in total. The molecule has 0 radical (unpaired) electrons. The molecule has 0 aromatic rings. The van der Waals surface area contributed by atoms with Gasteiger partial charge in [-0.05, 0) is 6.42 Å². The molecule has 1 fully saturated rings. The molecule has 0 unspecified atom stereocenters. The average molecular weight is 392 g/mol. The highest BCUT2D eigenvalue weighted by Crippen LogP contribution is 2.30. The Balaban J connectivity index is 3.27. The molecular weight excluding hydrogens is 368 g/mol. The first-order valence-corrected chi connectivity index (χ1v) is 8.18. The summed E-state index contributed by atoms with van der Waals surface area (Å²) in [5, 5.41) is 8.89. The van der Waals surface area contributed by atoms with Gasteiger partial charge in [-0.25, -0.2) is 4.79 Å². The third-order valence-corrected chi connectivity index (χ3v) is 3.42. The SMILES string of the molecule is COC(=O)[C@H]1O[C@@H](OCCCO)[C@H](OC(C)=O)[C@@H](OC(C)=O)[C@@H]1OC(C)=O. The van der Waals surface area contributed by atoms with Crippen LogP contribution in [0.15, 0.2) is 0 Å². The zero-order chi connectivity index (χ0) is 20.6. The lowest BCUT2D eigenvalue weighted by molar-refractivity contribution is -0.301. The summed E-state index contributed by atoms with van der Waals surface area (Å²) in [6.45, 7) is 3.12. The second kappa shape index (κ2) is 10.8. The van der Waals surface area contributed by atoms with Gasteiger partial charge < -0.3 is 33.5 Å². The lowest BCUT2D eigenvalue weighted by Gasteiger charge is -2.43. The van der Waals surface area contributed by atoms with E-state index in [1.54, 1.807) is 0 Å². The van der Waals surface area contributed by atoms with Crippen molar-refractivity contribution in [2.75, 3.05) is 20.3 Å². The van der Waals surface area contributed by atoms with E-state index < -0.39 is 54.6 Å². The Labute approximate surface area is 155 Å². The first-order valence-electron chi connectivity index (χ1n) is 8.18. The minimum atomic E-state index is -1.49. The Bertz CT molecular complexity index is 546. The molecule has 154 valence electrons. The molecule has 0 aromatic heterocycles. The van der Waals surface area contributed by atoms with Crippen molar-refractivity contribution < 1.29 is 52.7 Å². The predicted molar refractivity (Wildman–Crippen MR) is 85.0 cm³/mol. The van der Waals surface area contributed by atoms with Crippen LogP contribution in [0, 0.1) is 0 Å². The van der Waals surface area contributed by atoms with E-state index in [-0.39, 0.29) is 19.6 Å². The van der Waals surface area contributed by atoms with E-state index >= 15 is 0 Å². The standard InChI is InChI=1S/C16H24O11/c1-8(18)24-11-12(25-9(2)19)14(26-10(3)20)16(23-7-5-6-17)27-13(11)15(21)22-4/h11-14,16-17H,5-7H2,1-4H3/t11-,12-,13-,14+,16+/m0/s1. The highest BCUT2D eigenvalue weighted by Gasteiger charge is 2.55. The molecule has 0 amide bonds. The van der Waals surface area contributed by atoms with Gasteiger partial charge in [-0.3, -0.25) is 14.4 Å². The molecule has 1 aliphatic rings. The maximum atomic E-state index is 12.1. The molecule has 5 atom stereocenters. The molecule has 0 spiro atoms. The normalized spacial score (nSPS) is 27.4. The fraction of sp³-hybridized carbons (Fsp3) is 0.750. The Morgan fingerprint density at radius 3 is 1.89 bits per heavy atom. The molecule has 27 heavy (non-hydrogen) atoms. The van der Waals surface area contributed by atoms with Crippen LogP contribution in [0.5, 0.6) is 0 Å². The number of hydrogen-bond donors (Lipinski definition) is 1. The Hall–Kier alpha value is -2.24. The molecule has 0 aliphatic carbocycles. The summed E-state index contributed by atoms with van der Waals surface area (Å²) in [7, 11) is 1.09. The molecular formula is C16H24O11.